The van der Waals surface area contributed by atoms with Crippen molar-refractivity contribution in [2.45, 2.75) is 0 Å². The average molecular weight is 291 g/mol. The van der Waals surface area contributed by atoms with Crippen molar-refractivity contribution in [1.29, 1.82) is 0 Å². The first-order valence-corrected chi connectivity index (χ1v) is 6.40. The second kappa shape index (κ2) is 5.84. The first-order chi connectivity index (χ1) is 9.49. The maximum Gasteiger partial charge on any atom is 0.257 e. The number of ether oxygens (including phenoxy) is 1. The van der Waals surface area contributed by atoms with E-state index in [4.69, 9.17) is 22.1 Å². The molecule has 5 heteroatoms. The minimum atomic E-state index is -0.160. The molecule has 0 aliphatic carbocycles. The molecule has 0 aliphatic heterocycles. The number of halogens is 1. The van der Waals surface area contributed by atoms with E-state index in [0.29, 0.717) is 27.8 Å². The predicted molar refractivity (Wildman–Crippen MR) is 80.4 cm³/mol. The summed E-state index contributed by atoms with van der Waals surface area (Å²) in [5, 5.41) is 0.471. The molecule has 0 fully saturated rings. The van der Waals surface area contributed by atoms with E-state index >= 15 is 0 Å². The van der Waals surface area contributed by atoms with Crippen molar-refractivity contribution < 1.29 is 9.53 Å². The molecule has 1 amide bonds. The zero-order chi connectivity index (χ0) is 14.7. The molecule has 0 radical (unpaired) electrons. The Morgan fingerprint density at radius 1 is 1.15 bits per heavy atom. The highest BCUT2D eigenvalue weighted by Gasteiger charge is 2.16. The summed E-state index contributed by atoms with van der Waals surface area (Å²) in [6.07, 6.45) is 0. The van der Waals surface area contributed by atoms with E-state index in [2.05, 4.69) is 0 Å². The van der Waals surface area contributed by atoms with Crippen LogP contribution < -0.4 is 10.5 Å². The van der Waals surface area contributed by atoms with Crippen LogP contribution in [0.5, 0.6) is 11.5 Å². The third-order valence-electron chi connectivity index (χ3n) is 2.70. The molecule has 2 aromatic carbocycles. The number of hydrogen-bond acceptors (Lipinski definition) is 3. The lowest BCUT2D eigenvalue weighted by Gasteiger charge is -2.15. The summed E-state index contributed by atoms with van der Waals surface area (Å²) in [7, 11) is 3.36. The summed E-state index contributed by atoms with van der Waals surface area (Å²) < 4.78 is 5.73. The summed E-state index contributed by atoms with van der Waals surface area (Å²) in [6.45, 7) is 0. The second-order valence-corrected chi connectivity index (χ2v) is 4.89. The van der Waals surface area contributed by atoms with Gasteiger partial charge in [0.05, 0.1) is 10.6 Å². The minimum Gasteiger partial charge on any atom is -0.455 e. The standard InChI is InChI=1S/C15H15ClN2O2/c1-18(2)15(19)11-8-7-10(17)9-14(11)20-13-6-4-3-5-12(13)16/h3-9H,17H2,1-2H3. The monoisotopic (exact) mass is 290 g/mol. The van der Waals surface area contributed by atoms with Crippen molar-refractivity contribution in [3.8, 4) is 11.5 Å². The van der Waals surface area contributed by atoms with Gasteiger partial charge in [-0.05, 0) is 24.3 Å². The van der Waals surface area contributed by atoms with E-state index in [1.54, 1.807) is 56.6 Å². The normalized spacial score (nSPS) is 10.2. The van der Waals surface area contributed by atoms with Crippen molar-refractivity contribution in [2.75, 3.05) is 19.8 Å². The summed E-state index contributed by atoms with van der Waals surface area (Å²) in [6, 6.07) is 12.0. The zero-order valence-corrected chi connectivity index (χ0v) is 12.0. The highest BCUT2D eigenvalue weighted by molar-refractivity contribution is 6.32. The lowest BCUT2D eigenvalue weighted by atomic mass is 10.1. The van der Waals surface area contributed by atoms with Crippen molar-refractivity contribution in [1.82, 2.24) is 4.90 Å². The lowest BCUT2D eigenvalue weighted by molar-refractivity contribution is 0.0825. The van der Waals surface area contributed by atoms with E-state index < -0.39 is 0 Å². The van der Waals surface area contributed by atoms with E-state index in [1.807, 2.05) is 0 Å². The molecule has 0 unspecified atom stereocenters. The van der Waals surface area contributed by atoms with Crippen LogP contribution in [-0.2, 0) is 0 Å². The molecule has 2 aromatic rings. The Labute approximate surface area is 122 Å². The third kappa shape index (κ3) is 3.03. The predicted octanol–water partition coefficient (Wildman–Crippen LogP) is 3.42. The molecule has 0 atom stereocenters. The van der Waals surface area contributed by atoms with Crippen LogP contribution in [0.25, 0.3) is 0 Å². The van der Waals surface area contributed by atoms with Gasteiger partial charge in [-0.15, -0.1) is 0 Å². The molecule has 0 aromatic heterocycles. The van der Waals surface area contributed by atoms with Gasteiger partial charge < -0.3 is 15.4 Å². The van der Waals surface area contributed by atoms with E-state index in [9.17, 15) is 4.79 Å². The molecule has 0 bridgehead atoms. The van der Waals surface area contributed by atoms with Gasteiger partial charge in [0.25, 0.3) is 5.91 Å². The van der Waals surface area contributed by atoms with Gasteiger partial charge in [0.1, 0.15) is 11.5 Å². The zero-order valence-electron chi connectivity index (χ0n) is 11.3. The second-order valence-electron chi connectivity index (χ2n) is 4.49. The number of hydrogen-bond donors (Lipinski definition) is 1. The number of rotatable bonds is 3. The molecule has 2 N–H and O–H groups in total. The van der Waals surface area contributed by atoms with Gasteiger partial charge in [-0.25, -0.2) is 0 Å². The number of carbonyl (C=O) groups is 1. The van der Waals surface area contributed by atoms with Crippen LogP contribution in [0, 0.1) is 0 Å². The van der Waals surface area contributed by atoms with Crippen molar-refractivity contribution >= 4 is 23.2 Å². The fourth-order valence-corrected chi connectivity index (χ4v) is 1.86. The van der Waals surface area contributed by atoms with Gasteiger partial charge in [0.2, 0.25) is 0 Å². The molecular weight excluding hydrogens is 276 g/mol. The van der Waals surface area contributed by atoms with Crippen LogP contribution in [0.2, 0.25) is 5.02 Å². The SMILES string of the molecule is CN(C)C(=O)c1ccc(N)cc1Oc1ccccc1Cl. The maximum absolute atomic E-state index is 12.1. The summed E-state index contributed by atoms with van der Waals surface area (Å²) in [5.41, 5.74) is 6.71. The molecule has 2 rings (SSSR count). The molecule has 0 heterocycles. The number of nitrogens with zero attached hydrogens (tertiary/aromatic N) is 1. The highest BCUT2D eigenvalue weighted by Crippen LogP contribution is 2.32. The third-order valence-corrected chi connectivity index (χ3v) is 3.01. The first kappa shape index (κ1) is 14.2. The number of para-hydroxylation sites is 1. The first-order valence-electron chi connectivity index (χ1n) is 6.02. The van der Waals surface area contributed by atoms with E-state index in [-0.39, 0.29) is 5.91 Å². The van der Waals surface area contributed by atoms with Gasteiger partial charge in [-0.1, -0.05) is 23.7 Å². The van der Waals surface area contributed by atoms with E-state index in [0.717, 1.165) is 0 Å². The smallest absolute Gasteiger partial charge is 0.257 e. The summed E-state index contributed by atoms with van der Waals surface area (Å²) in [5.74, 6) is 0.705. The Bertz CT molecular complexity index is 642. The Morgan fingerprint density at radius 2 is 1.85 bits per heavy atom. The quantitative estimate of drug-likeness (QED) is 0.881. The molecule has 0 aliphatic rings. The van der Waals surface area contributed by atoms with E-state index in [1.165, 1.54) is 4.90 Å². The van der Waals surface area contributed by atoms with Crippen LogP contribution in [0.4, 0.5) is 5.69 Å². The summed E-state index contributed by atoms with van der Waals surface area (Å²) in [4.78, 5) is 13.6. The number of amides is 1. The fraction of sp³-hybridized carbons (Fsp3) is 0.133. The van der Waals surface area contributed by atoms with Crippen LogP contribution in [-0.4, -0.2) is 24.9 Å². The molecule has 104 valence electrons. The average Bonchev–Trinajstić information content (AvgIpc) is 2.41. The Balaban J connectivity index is 2.43. The molecule has 0 saturated heterocycles. The maximum atomic E-state index is 12.1. The minimum absolute atomic E-state index is 0.160. The Hall–Kier alpha value is -2.20. The van der Waals surface area contributed by atoms with Crippen LogP contribution in [0.3, 0.4) is 0 Å². The van der Waals surface area contributed by atoms with Crippen molar-refractivity contribution in [3.05, 3.63) is 53.1 Å². The number of nitrogens with two attached hydrogens (primary N) is 1. The Kier molecular flexibility index (Phi) is 4.15. The van der Waals surface area contributed by atoms with Gasteiger partial charge in [-0.2, -0.15) is 0 Å². The van der Waals surface area contributed by atoms with Gasteiger partial charge in [-0.3, -0.25) is 4.79 Å². The largest absolute Gasteiger partial charge is 0.455 e. The number of carbonyl (C=O) groups excluding carboxylic acids is 1. The molecule has 20 heavy (non-hydrogen) atoms. The molecular formula is C15H15ClN2O2. The van der Waals surface area contributed by atoms with Gasteiger partial charge >= 0.3 is 0 Å². The van der Waals surface area contributed by atoms with Crippen LogP contribution in [0.15, 0.2) is 42.5 Å². The fourth-order valence-electron chi connectivity index (χ4n) is 1.69. The number of nitrogen functional groups attached to an aromatic ring is 1. The molecule has 4 nitrogen and oxygen atoms in total. The van der Waals surface area contributed by atoms with Gasteiger partial charge in [0.15, 0.2) is 0 Å². The van der Waals surface area contributed by atoms with Crippen LogP contribution >= 0.6 is 11.6 Å². The number of anilines is 1. The van der Waals surface area contributed by atoms with Gasteiger partial charge in [0, 0.05) is 25.8 Å². The summed E-state index contributed by atoms with van der Waals surface area (Å²) >= 11 is 6.06. The van der Waals surface area contributed by atoms with Crippen LogP contribution in [0.1, 0.15) is 10.4 Å². The molecule has 0 saturated carbocycles. The lowest BCUT2D eigenvalue weighted by Crippen LogP contribution is -2.22. The topological polar surface area (TPSA) is 55.6 Å². The molecule has 0 spiro atoms. The number of benzene rings is 2. The van der Waals surface area contributed by atoms with Crippen molar-refractivity contribution in [2.24, 2.45) is 0 Å². The Morgan fingerprint density at radius 3 is 2.50 bits per heavy atom. The highest BCUT2D eigenvalue weighted by atomic mass is 35.5. The van der Waals surface area contributed by atoms with Crippen molar-refractivity contribution in [3.63, 3.8) is 0 Å².